The summed E-state index contributed by atoms with van der Waals surface area (Å²) in [6.45, 7) is 12.9. The minimum atomic E-state index is 0.689. The molecule has 0 aromatic heterocycles. The van der Waals surface area contributed by atoms with Crippen LogP contribution in [0.1, 0.15) is 40.5 Å². The standard InChI is InChI=1S/C12H26N2/c1-5-7-14(10(3)4)12-9-13-8-11(12)6-2/h10-13H,5-9H2,1-4H3. The molecule has 2 unspecified atom stereocenters. The molecule has 2 nitrogen and oxygen atoms in total. The molecule has 2 atom stereocenters. The predicted octanol–water partition coefficient (Wildman–Crippen LogP) is 2.10. The maximum atomic E-state index is 3.53. The van der Waals surface area contributed by atoms with E-state index in [1.807, 2.05) is 0 Å². The lowest BCUT2D eigenvalue weighted by molar-refractivity contribution is 0.131. The summed E-state index contributed by atoms with van der Waals surface area (Å²) in [5.74, 6) is 0.865. The van der Waals surface area contributed by atoms with E-state index < -0.39 is 0 Å². The Morgan fingerprint density at radius 2 is 2.00 bits per heavy atom. The van der Waals surface area contributed by atoms with Crippen molar-refractivity contribution in [2.75, 3.05) is 19.6 Å². The van der Waals surface area contributed by atoms with Gasteiger partial charge in [0.15, 0.2) is 0 Å². The predicted molar refractivity (Wildman–Crippen MR) is 62.6 cm³/mol. The Bertz CT molecular complexity index is 156. The van der Waals surface area contributed by atoms with Crippen LogP contribution < -0.4 is 5.32 Å². The van der Waals surface area contributed by atoms with Crippen LogP contribution >= 0.6 is 0 Å². The van der Waals surface area contributed by atoms with Gasteiger partial charge in [-0.25, -0.2) is 0 Å². The molecule has 0 radical (unpaired) electrons. The van der Waals surface area contributed by atoms with Crippen molar-refractivity contribution in [1.82, 2.24) is 10.2 Å². The highest BCUT2D eigenvalue weighted by molar-refractivity contribution is 4.89. The van der Waals surface area contributed by atoms with Gasteiger partial charge >= 0.3 is 0 Å². The topological polar surface area (TPSA) is 15.3 Å². The van der Waals surface area contributed by atoms with E-state index >= 15 is 0 Å². The third-order valence-electron chi connectivity index (χ3n) is 3.40. The van der Waals surface area contributed by atoms with Gasteiger partial charge in [0.25, 0.3) is 0 Å². The first-order chi connectivity index (χ1) is 6.70. The molecule has 14 heavy (non-hydrogen) atoms. The Hall–Kier alpha value is -0.0800. The SMILES string of the molecule is CCCN(C(C)C)C1CNCC1CC. The fraction of sp³-hybridized carbons (Fsp3) is 1.00. The summed E-state index contributed by atoms with van der Waals surface area (Å²) in [6, 6.07) is 1.47. The van der Waals surface area contributed by atoms with Crippen molar-refractivity contribution < 1.29 is 0 Å². The second-order valence-electron chi connectivity index (χ2n) is 4.73. The largest absolute Gasteiger partial charge is 0.315 e. The van der Waals surface area contributed by atoms with Gasteiger partial charge in [0.05, 0.1) is 0 Å². The molecule has 1 fully saturated rings. The molecule has 0 aromatic rings. The van der Waals surface area contributed by atoms with Crippen LogP contribution in [0.25, 0.3) is 0 Å². The molecule has 0 aliphatic carbocycles. The molecule has 84 valence electrons. The van der Waals surface area contributed by atoms with Gasteiger partial charge in [-0.05, 0) is 39.3 Å². The van der Waals surface area contributed by atoms with Crippen LogP contribution in [0.15, 0.2) is 0 Å². The quantitative estimate of drug-likeness (QED) is 0.728. The molecule has 1 heterocycles. The molecule has 1 N–H and O–H groups in total. The molecule has 1 aliphatic heterocycles. The Balaban J connectivity index is 2.57. The van der Waals surface area contributed by atoms with Crippen LogP contribution in [0.3, 0.4) is 0 Å². The molecule has 2 heteroatoms. The zero-order valence-corrected chi connectivity index (χ0v) is 10.2. The van der Waals surface area contributed by atoms with E-state index in [2.05, 4.69) is 37.9 Å². The van der Waals surface area contributed by atoms with Gasteiger partial charge < -0.3 is 5.32 Å². The number of hydrogen-bond donors (Lipinski definition) is 1. The van der Waals surface area contributed by atoms with E-state index in [1.165, 1.54) is 32.5 Å². The number of rotatable bonds is 5. The summed E-state index contributed by atoms with van der Waals surface area (Å²) in [5.41, 5.74) is 0. The maximum absolute atomic E-state index is 3.53. The van der Waals surface area contributed by atoms with Crippen LogP contribution in [0, 0.1) is 5.92 Å². The molecular weight excluding hydrogens is 172 g/mol. The van der Waals surface area contributed by atoms with Gasteiger partial charge in [0.2, 0.25) is 0 Å². The van der Waals surface area contributed by atoms with E-state index in [0.717, 1.165) is 12.0 Å². The van der Waals surface area contributed by atoms with Gasteiger partial charge in [-0.2, -0.15) is 0 Å². The number of nitrogens with one attached hydrogen (secondary N) is 1. The van der Waals surface area contributed by atoms with Crippen molar-refractivity contribution in [3.63, 3.8) is 0 Å². The minimum absolute atomic E-state index is 0.689. The summed E-state index contributed by atoms with van der Waals surface area (Å²) in [4.78, 5) is 2.67. The summed E-state index contributed by atoms with van der Waals surface area (Å²) in [7, 11) is 0. The minimum Gasteiger partial charge on any atom is -0.315 e. The molecule has 0 aromatic carbocycles. The van der Waals surface area contributed by atoms with Crippen LogP contribution in [-0.2, 0) is 0 Å². The van der Waals surface area contributed by atoms with Crippen molar-refractivity contribution in [2.45, 2.75) is 52.6 Å². The average Bonchev–Trinajstić information content (AvgIpc) is 2.61. The number of nitrogens with zero attached hydrogens (tertiary/aromatic N) is 1. The third-order valence-corrected chi connectivity index (χ3v) is 3.40. The van der Waals surface area contributed by atoms with Crippen LogP contribution in [0.5, 0.6) is 0 Å². The highest BCUT2D eigenvalue weighted by atomic mass is 15.2. The van der Waals surface area contributed by atoms with E-state index in [0.29, 0.717) is 6.04 Å². The highest BCUT2D eigenvalue weighted by Gasteiger charge is 2.31. The van der Waals surface area contributed by atoms with E-state index in [4.69, 9.17) is 0 Å². The summed E-state index contributed by atoms with van der Waals surface area (Å²) in [5, 5.41) is 3.53. The first-order valence-electron chi connectivity index (χ1n) is 6.17. The Morgan fingerprint density at radius 1 is 1.29 bits per heavy atom. The molecule has 0 saturated carbocycles. The Morgan fingerprint density at radius 3 is 2.50 bits per heavy atom. The highest BCUT2D eigenvalue weighted by Crippen LogP contribution is 2.21. The molecule has 0 spiro atoms. The van der Waals surface area contributed by atoms with E-state index in [-0.39, 0.29) is 0 Å². The lowest BCUT2D eigenvalue weighted by atomic mass is 9.98. The van der Waals surface area contributed by atoms with Crippen molar-refractivity contribution in [1.29, 1.82) is 0 Å². The van der Waals surface area contributed by atoms with Crippen molar-refractivity contribution in [3.8, 4) is 0 Å². The van der Waals surface area contributed by atoms with Gasteiger partial charge in [-0.15, -0.1) is 0 Å². The van der Waals surface area contributed by atoms with Crippen LogP contribution in [0.2, 0.25) is 0 Å². The first-order valence-corrected chi connectivity index (χ1v) is 6.17. The average molecular weight is 198 g/mol. The zero-order chi connectivity index (χ0) is 10.6. The van der Waals surface area contributed by atoms with Crippen LogP contribution in [0.4, 0.5) is 0 Å². The molecule has 1 aliphatic rings. The Kier molecular flexibility index (Phi) is 4.90. The fourth-order valence-electron chi connectivity index (χ4n) is 2.59. The van der Waals surface area contributed by atoms with Gasteiger partial charge in [0.1, 0.15) is 0 Å². The van der Waals surface area contributed by atoms with E-state index in [9.17, 15) is 0 Å². The summed E-state index contributed by atoms with van der Waals surface area (Å²) < 4.78 is 0. The molecule has 0 bridgehead atoms. The molecule has 0 amide bonds. The fourth-order valence-corrected chi connectivity index (χ4v) is 2.59. The number of hydrogen-bond acceptors (Lipinski definition) is 2. The summed E-state index contributed by atoms with van der Waals surface area (Å²) in [6.07, 6.45) is 2.58. The summed E-state index contributed by atoms with van der Waals surface area (Å²) >= 11 is 0. The third kappa shape index (κ3) is 2.71. The van der Waals surface area contributed by atoms with Crippen molar-refractivity contribution in [3.05, 3.63) is 0 Å². The second kappa shape index (κ2) is 5.72. The smallest absolute Gasteiger partial charge is 0.0263 e. The van der Waals surface area contributed by atoms with Crippen molar-refractivity contribution >= 4 is 0 Å². The van der Waals surface area contributed by atoms with Gasteiger partial charge in [-0.3, -0.25) is 4.90 Å². The second-order valence-corrected chi connectivity index (χ2v) is 4.73. The Labute approximate surface area is 89.1 Å². The zero-order valence-electron chi connectivity index (χ0n) is 10.2. The monoisotopic (exact) mass is 198 g/mol. The van der Waals surface area contributed by atoms with E-state index in [1.54, 1.807) is 0 Å². The molecule has 1 saturated heterocycles. The molecule has 1 rings (SSSR count). The van der Waals surface area contributed by atoms with Crippen molar-refractivity contribution in [2.24, 2.45) is 5.92 Å². The normalized spacial score (nSPS) is 27.9. The van der Waals surface area contributed by atoms with Gasteiger partial charge in [-0.1, -0.05) is 20.3 Å². The maximum Gasteiger partial charge on any atom is 0.0263 e. The lowest BCUT2D eigenvalue weighted by Crippen LogP contribution is -2.45. The van der Waals surface area contributed by atoms with Gasteiger partial charge in [0, 0.05) is 18.6 Å². The first kappa shape index (κ1) is 12.0. The molecular formula is C12H26N2. The van der Waals surface area contributed by atoms with Crippen LogP contribution in [-0.4, -0.2) is 36.6 Å². The lowest BCUT2D eigenvalue weighted by Gasteiger charge is -2.35.